The predicted molar refractivity (Wildman–Crippen MR) is 115 cm³/mol. The van der Waals surface area contributed by atoms with E-state index in [-0.39, 0.29) is 17.9 Å². The molecular formula is C21H33N3O4S. The molecule has 0 radical (unpaired) electrons. The highest BCUT2D eigenvalue weighted by Gasteiger charge is 2.17. The number of carbonyl (C=O) groups is 2. The molecule has 29 heavy (non-hydrogen) atoms. The molecule has 0 spiro atoms. The summed E-state index contributed by atoms with van der Waals surface area (Å²) in [5, 5.41) is 5.42. The molecule has 1 saturated carbocycles. The zero-order valence-electron chi connectivity index (χ0n) is 17.4. The molecule has 0 aliphatic heterocycles. The van der Waals surface area contributed by atoms with Crippen molar-refractivity contribution in [2.45, 2.75) is 76.5 Å². The van der Waals surface area contributed by atoms with Crippen molar-refractivity contribution in [3.8, 4) is 0 Å². The van der Waals surface area contributed by atoms with E-state index in [9.17, 15) is 18.0 Å². The molecular weight excluding hydrogens is 390 g/mol. The van der Waals surface area contributed by atoms with Crippen molar-refractivity contribution >= 4 is 27.5 Å². The summed E-state index contributed by atoms with van der Waals surface area (Å²) in [5.41, 5.74) is 1.13. The molecule has 1 aromatic carbocycles. The van der Waals surface area contributed by atoms with E-state index in [0.717, 1.165) is 25.7 Å². The van der Waals surface area contributed by atoms with Gasteiger partial charge in [-0.05, 0) is 57.7 Å². The minimum absolute atomic E-state index is 0.106. The molecule has 2 amide bonds. The number of unbranched alkanes of at least 4 members (excludes halogenated alkanes) is 1. The highest BCUT2D eigenvalue weighted by molar-refractivity contribution is 7.90. The van der Waals surface area contributed by atoms with Gasteiger partial charge in [0.15, 0.2) is 0 Å². The fraction of sp³-hybridized carbons (Fsp3) is 0.619. The highest BCUT2D eigenvalue weighted by atomic mass is 32.2. The van der Waals surface area contributed by atoms with Crippen LogP contribution in [0.15, 0.2) is 24.3 Å². The summed E-state index contributed by atoms with van der Waals surface area (Å²) in [6, 6.07) is 7.18. The number of amides is 2. The topological polar surface area (TPSA) is 104 Å². The average molecular weight is 424 g/mol. The lowest BCUT2D eigenvalue weighted by molar-refractivity contribution is -0.116. The van der Waals surface area contributed by atoms with Gasteiger partial charge in [-0.3, -0.25) is 9.59 Å². The second kappa shape index (κ2) is 11.3. The van der Waals surface area contributed by atoms with Crippen molar-refractivity contribution < 1.29 is 18.0 Å². The Balaban J connectivity index is 1.74. The first-order chi connectivity index (χ1) is 13.8. The summed E-state index contributed by atoms with van der Waals surface area (Å²) < 4.78 is 25.8. The van der Waals surface area contributed by atoms with Crippen LogP contribution in [0, 0.1) is 0 Å². The number of benzene rings is 1. The van der Waals surface area contributed by atoms with Gasteiger partial charge in [0.1, 0.15) is 0 Å². The van der Waals surface area contributed by atoms with Crippen LogP contribution in [0.5, 0.6) is 0 Å². The Morgan fingerprint density at radius 2 is 1.83 bits per heavy atom. The lowest BCUT2D eigenvalue weighted by Gasteiger charge is -2.22. The van der Waals surface area contributed by atoms with E-state index in [1.165, 1.54) is 6.42 Å². The Morgan fingerprint density at radius 1 is 1.10 bits per heavy atom. The molecule has 1 aromatic rings. The molecule has 7 nitrogen and oxygen atoms in total. The third kappa shape index (κ3) is 8.14. The molecule has 8 heteroatoms. The van der Waals surface area contributed by atoms with Crippen LogP contribution in [-0.2, 0) is 14.8 Å². The van der Waals surface area contributed by atoms with E-state index in [2.05, 4.69) is 15.4 Å². The fourth-order valence-electron chi connectivity index (χ4n) is 3.27. The van der Waals surface area contributed by atoms with Crippen LogP contribution in [0.25, 0.3) is 0 Å². The van der Waals surface area contributed by atoms with E-state index in [1.54, 1.807) is 38.1 Å². The number of hydrogen-bond acceptors (Lipinski definition) is 4. The number of carbonyl (C=O) groups excluding carboxylic acids is 2. The van der Waals surface area contributed by atoms with Crippen LogP contribution in [0.4, 0.5) is 5.69 Å². The van der Waals surface area contributed by atoms with Gasteiger partial charge in [-0.1, -0.05) is 25.3 Å². The van der Waals surface area contributed by atoms with Crippen LogP contribution in [0.1, 0.15) is 75.6 Å². The molecule has 0 aromatic heterocycles. The molecule has 0 atom stereocenters. The third-order valence-corrected chi connectivity index (χ3v) is 6.95. The number of rotatable bonds is 10. The SMILES string of the molecule is CC(C)S(=O)(=O)NCCCCC(=O)Nc1cccc(C(=O)NC2CCCCC2)c1. The van der Waals surface area contributed by atoms with Gasteiger partial charge in [0.2, 0.25) is 15.9 Å². The zero-order valence-corrected chi connectivity index (χ0v) is 18.2. The van der Waals surface area contributed by atoms with Gasteiger partial charge in [-0.15, -0.1) is 0 Å². The van der Waals surface area contributed by atoms with E-state index < -0.39 is 15.3 Å². The maximum Gasteiger partial charge on any atom is 0.251 e. The molecule has 1 fully saturated rings. The zero-order chi connectivity index (χ0) is 21.3. The van der Waals surface area contributed by atoms with E-state index >= 15 is 0 Å². The van der Waals surface area contributed by atoms with Gasteiger partial charge in [-0.25, -0.2) is 13.1 Å². The third-order valence-electron chi connectivity index (χ3n) is 5.10. The van der Waals surface area contributed by atoms with Crippen molar-refractivity contribution in [2.75, 3.05) is 11.9 Å². The largest absolute Gasteiger partial charge is 0.349 e. The minimum Gasteiger partial charge on any atom is -0.349 e. The summed E-state index contributed by atoms with van der Waals surface area (Å²) in [7, 11) is -3.26. The number of sulfonamides is 1. The Morgan fingerprint density at radius 3 is 2.52 bits per heavy atom. The Hall–Kier alpha value is -1.93. The van der Waals surface area contributed by atoms with Crippen LogP contribution in [0.2, 0.25) is 0 Å². The monoisotopic (exact) mass is 423 g/mol. The van der Waals surface area contributed by atoms with Crippen molar-refractivity contribution in [3.05, 3.63) is 29.8 Å². The van der Waals surface area contributed by atoms with Crippen LogP contribution in [-0.4, -0.2) is 38.1 Å². The first-order valence-electron chi connectivity index (χ1n) is 10.5. The Bertz CT molecular complexity index is 787. The van der Waals surface area contributed by atoms with Crippen molar-refractivity contribution in [2.24, 2.45) is 0 Å². The van der Waals surface area contributed by atoms with Gasteiger partial charge < -0.3 is 10.6 Å². The molecule has 2 rings (SSSR count). The first-order valence-corrected chi connectivity index (χ1v) is 12.0. The van der Waals surface area contributed by atoms with E-state index in [1.807, 2.05) is 0 Å². The number of hydrogen-bond donors (Lipinski definition) is 3. The summed E-state index contributed by atoms with van der Waals surface area (Å²) in [5.74, 6) is -0.257. The van der Waals surface area contributed by atoms with Gasteiger partial charge in [0, 0.05) is 30.3 Å². The fourth-order valence-corrected chi connectivity index (χ4v) is 4.03. The molecule has 162 valence electrons. The Labute approximate surface area is 174 Å². The number of nitrogens with one attached hydrogen (secondary N) is 3. The van der Waals surface area contributed by atoms with Gasteiger partial charge in [0.05, 0.1) is 5.25 Å². The van der Waals surface area contributed by atoms with Crippen LogP contribution >= 0.6 is 0 Å². The van der Waals surface area contributed by atoms with Gasteiger partial charge in [-0.2, -0.15) is 0 Å². The first kappa shape index (κ1) is 23.3. The molecule has 3 N–H and O–H groups in total. The maximum absolute atomic E-state index is 12.4. The molecule has 1 aliphatic rings. The standard InChI is InChI=1S/C21H33N3O4S/c1-16(2)29(27,28)22-14-7-6-13-20(25)23-19-12-8-9-17(15-19)21(26)24-18-10-4-3-5-11-18/h8-9,12,15-16,18,22H,3-7,10-11,13-14H2,1-2H3,(H,23,25)(H,24,26). The second-order valence-corrected chi connectivity index (χ2v) is 10.2. The van der Waals surface area contributed by atoms with Crippen LogP contribution in [0.3, 0.4) is 0 Å². The summed E-state index contributed by atoms with van der Waals surface area (Å²) in [6.07, 6.45) is 7.04. The van der Waals surface area contributed by atoms with Crippen molar-refractivity contribution in [1.29, 1.82) is 0 Å². The van der Waals surface area contributed by atoms with Crippen molar-refractivity contribution in [1.82, 2.24) is 10.0 Å². The molecule has 0 saturated heterocycles. The maximum atomic E-state index is 12.4. The molecule has 0 unspecified atom stereocenters. The quantitative estimate of drug-likeness (QED) is 0.503. The lowest BCUT2D eigenvalue weighted by atomic mass is 9.95. The average Bonchev–Trinajstić information content (AvgIpc) is 2.68. The van der Waals surface area contributed by atoms with Crippen LogP contribution < -0.4 is 15.4 Å². The second-order valence-electron chi connectivity index (χ2n) is 7.88. The summed E-state index contributed by atoms with van der Waals surface area (Å²) >= 11 is 0. The molecule has 0 heterocycles. The highest BCUT2D eigenvalue weighted by Crippen LogP contribution is 2.18. The minimum atomic E-state index is -3.26. The smallest absolute Gasteiger partial charge is 0.251 e. The summed E-state index contributed by atoms with van der Waals surface area (Å²) in [4.78, 5) is 24.6. The lowest BCUT2D eigenvalue weighted by Crippen LogP contribution is -2.36. The molecule has 1 aliphatic carbocycles. The van der Waals surface area contributed by atoms with E-state index in [0.29, 0.717) is 37.1 Å². The Kier molecular flexibility index (Phi) is 9.10. The summed E-state index contributed by atoms with van der Waals surface area (Å²) in [6.45, 7) is 3.57. The van der Waals surface area contributed by atoms with Gasteiger partial charge >= 0.3 is 0 Å². The number of anilines is 1. The van der Waals surface area contributed by atoms with Gasteiger partial charge in [0.25, 0.3) is 5.91 Å². The normalized spacial score (nSPS) is 15.3. The van der Waals surface area contributed by atoms with Crippen molar-refractivity contribution in [3.63, 3.8) is 0 Å². The van der Waals surface area contributed by atoms with E-state index in [4.69, 9.17) is 0 Å². The predicted octanol–water partition coefficient (Wildman–Crippen LogP) is 3.19. The molecule has 0 bridgehead atoms.